The Morgan fingerprint density at radius 2 is 1.15 bits per heavy atom. The Hall–Kier alpha value is -2.01. The molecule has 1 aliphatic heterocycles. The van der Waals surface area contributed by atoms with Crippen LogP contribution in [0.15, 0.2) is 48.5 Å². The quantitative estimate of drug-likeness (QED) is 0.689. The largest absolute Gasteiger partial charge is 0.491 e. The normalized spacial score (nSPS) is 16.9. The van der Waals surface area contributed by atoms with Crippen LogP contribution in [-0.4, -0.2) is 37.8 Å². The Morgan fingerprint density at radius 1 is 0.654 bits per heavy atom. The van der Waals surface area contributed by atoms with Crippen LogP contribution in [0.1, 0.15) is 19.3 Å². The molecule has 0 aromatic heterocycles. The molecular weight excluding hydrogens is 344 g/mol. The minimum atomic E-state index is 0.742. The number of fused-ring (bicyclic) bond motifs is 2. The van der Waals surface area contributed by atoms with Crippen LogP contribution < -0.4 is 20.1 Å². The minimum Gasteiger partial charge on any atom is -0.491 e. The Kier molecular flexibility index (Phi) is 7.84. The maximum atomic E-state index is 5.97. The first-order valence-electron chi connectivity index (χ1n) is 9.42. The van der Waals surface area contributed by atoms with Crippen LogP contribution in [0.4, 0.5) is 11.4 Å². The van der Waals surface area contributed by atoms with Gasteiger partial charge in [-0.15, -0.1) is 0 Å². The third-order valence-electron chi connectivity index (χ3n) is 4.20. The molecule has 5 heteroatoms. The monoisotopic (exact) mass is 372 g/mol. The molecule has 0 atom stereocenters. The zero-order chi connectivity index (χ0) is 17.9. The Bertz CT molecular complexity index is 554. The molecule has 0 spiro atoms. The van der Waals surface area contributed by atoms with Gasteiger partial charge in [-0.2, -0.15) is 11.8 Å². The fourth-order valence-electron chi connectivity index (χ4n) is 2.84. The molecule has 0 unspecified atom stereocenters. The number of thioether (sulfide) groups is 1. The van der Waals surface area contributed by atoms with E-state index in [0.29, 0.717) is 0 Å². The van der Waals surface area contributed by atoms with Crippen molar-refractivity contribution < 1.29 is 9.47 Å². The molecule has 26 heavy (non-hydrogen) atoms. The average molecular weight is 373 g/mol. The number of benzene rings is 2. The van der Waals surface area contributed by atoms with Crippen molar-refractivity contribution in [3.63, 3.8) is 0 Å². The number of anilines is 2. The van der Waals surface area contributed by atoms with E-state index >= 15 is 0 Å². The molecule has 0 bridgehead atoms. The van der Waals surface area contributed by atoms with Crippen molar-refractivity contribution in [3.05, 3.63) is 48.5 Å². The Morgan fingerprint density at radius 3 is 1.69 bits per heavy atom. The summed E-state index contributed by atoms with van der Waals surface area (Å²) in [7, 11) is 0. The van der Waals surface area contributed by atoms with Gasteiger partial charge in [-0.1, -0.05) is 24.3 Å². The van der Waals surface area contributed by atoms with Crippen molar-refractivity contribution in [2.75, 3.05) is 48.4 Å². The van der Waals surface area contributed by atoms with Gasteiger partial charge in [-0.05, 0) is 43.5 Å². The van der Waals surface area contributed by atoms with E-state index in [9.17, 15) is 0 Å². The predicted octanol–water partition coefficient (Wildman–Crippen LogP) is 4.89. The molecule has 1 heterocycles. The summed E-state index contributed by atoms with van der Waals surface area (Å²) >= 11 is 1.94. The van der Waals surface area contributed by atoms with Gasteiger partial charge in [-0.3, -0.25) is 0 Å². The summed E-state index contributed by atoms with van der Waals surface area (Å²) in [6, 6.07) is 16.4. The smallest absolute Gasteiger partial charge is 0.142 e. The molecule has 0 fully saturated rings. The van der Waals surface area contributed by atoms with E-state index in [1.54, 1.807) is 0 Å². The average Bonchev–Trinajstić information content (AvgIpc) is 2.68. The van der Waals surface area contributed by atoms with Crippen LogP contribution >= 0.6 is 11.8 Å². The summed E-state index contributed by atoms with van der Waals surface area (Å²) in [4.78, 5) is 0. The number of para-hydroxylation sites is 4. The first-order valence-corrected chi connectivity index (χ1v) is 10.6. The fraction of sp³-hybridized carbons (Fsp3) is 0.429. The Labute approximate surface area is 160 Å². The van der Waals surface area contributed by atoms with Gasteiger partial charge in [-0.25, -0.2) is 0 Å². The molecule has 2 aromatic carbocycles. The van der Waals surface area contributed by atoms with Crippen LogP contribution in [0.2, 0.25) is 0 Å². The molecular formula is C21H28N2O2S. The van der Waals surface area contributed by atoms with Gasteiger partial charge in [0.15, 0.2) is 0 Å². The van der Waals surface area contributed by atoms with Gasteiger partial charge in [0.1, 0.15) is 11.5 Å². The van der Waals surface area contributed by atoms with E-state index in [-0.39, 0.29) is 0 Å². The standard InChI is InChI=1S/C21H28N2O2S/c1-6-14-24-20-10-4-2-8-18(20)22-12-16-26-17-13-23-19-9-3-5-11-21(19)25-15-7-1/h2-5,8-11,22-23H,1,6-7,12-17H2. The van der Waals surface area contributed by atoms with Crippen LogP contribution in [0.5, 0.6) is 11.5 Å². The van der Waals surface area contributed by atoms with Crippen molar-refractivity contribution >= 4 is 23.1 Å². The van der Waals surface area contributed by atoms with E-state index in [2.05, 4.69) is 22.8 Å². The molecule has 0 saturated heterocycles. The van der Waals surface area contributed by atoms with Crippen LogP contribution in [0.3, 0.4) is 0 Å². The summed E-state index contributed by atoms with van der Waals surface area (Å²) in [6.45, 7) is 3.35. The van der Waals surface area contributed by atoms with Gasteiger partial charge in [0, 0.05) is 24.6 Å². The third-order valence-corrected chi connectivity index (χ3v) is 5.19. The number of hydrogen-bond donors (Lipinski definition) is 2. The molecule has 140 valence electrons. The van der Waals surface area contributed by atoms with Crippen LogP contribution in [0, 0.1) is 0 Å². The van der Waals surface area contributed by atoms with E-state index in [0.717, 1.165) is 79.9 Å². The van der Waals surface area contributed by atoms with E-state index in [1.165, 1.54) is 0 Å². The lowest BCUT2D eigenvalue weighted by atomic mass is 10.2. The lowest BCUT2D eigenvalue weighted by molar-refractivity contribution is 0.280. The molecule has 4 nitrogen and oxygen atoms in total. The number of ether oxygens (including phenoxy) is 2. The Balaban J connectivity index is 1.56. The number of rotatable bonds is 0. The highest BCUT2D eigenvalue weighted by atomic mass is 32.2. The maximum absolute atomic E-state index is 5.97. The lowest BCUT2D eigenvalue weighted by Gasteiger charge is -2.15. The van der Waals surface area contributed by atoms with Gasteiger partial charge in [0.2, 0.25) is 0 Å². The van der Waals surface area contributed by atoms with Gasteiger partial charge in [0.05, 0.1) is 24.6 Å². The highest BCUT2D eigenvalue weighted by Gasteiger charge is 2.05. The molecule has 0 saturated carbocycles. The van der Waals surface area contributed by atoms with E-state index in [4.69, 9.17) is 9.47 Å². The molecule has 1 aliphatic rings. The van der Waals surface area contributed by atoms with Crippen molar-refractivity contribution in [2.45, 2.75) is 19.3 Å². The van der Waals surface area contributed by atoms with Crippen LogP contribution in [-0.2, 0) is 0 Å². The minimum absolute atomic E-state index is 0.742. The second-order valence-electron chi connectivity index (χ2n) is 6.22. The number of hydrogen-bond acceptors (Lipinski definition) is 5. The predicted molar refractivity (Wildman–Crippen MR) is 112 cm³/mol. The van der Waals surface area contributed by atoms with Crippen molar-refractivity contribution in [2.24, 2.45) is 0 Å². The maximum Gasteiger partial charge on any atom is 0.142 e. The zero-order valence-electron chi connectivity index (χ0n) is 15.2. The SMILES string of the molecule is c1ccc2c(c1)NCCSCCNc1ccccc1OCCCCCO2. The molecule has 0 amide bonds. The zero-order valence-corrected chi connectivity index (χ0v) is 16.0. The van der Waals surface area contributed by atoms with E-state index < -0.39 is 0 Å². The van der Waals surface area contributed by atoms with Crippen molar-refractivity contribution in [1.82, 2.24) is 0 Å². The molecule has 0 aliphatic carbocycles. The summed E-state index contributed by atoms with van der Waals surface area (Å²) in [5, 5.41) is 6.99. The van der Waals surface area contributed by atoms with E-state index in [1.807, 2.05) is 48.2 Å². The summed E-state index contributed by atoms with van der Waals surface area (Å²) in [6.07, 6.45) is 3.17. The summed E-state index contributed by atoms with van der Waals surface area (Å²) in [5.41, 5.74) is 2.18. The second-order valence-corrected chi connectivity index (χ2v) is 7.44. The van der Waals surface area contributed by atoms with Gasteiger partial charge >= 0.3 is 0 Å². The topological polar surface area (TPSA) is 42.5 Å². The first kappa shape index (κ1) is 18.8. The van der Waals surface area contributed by atoms with Gasteiger partial charge in [0.25, 0.3) is 0 Å². The molecule has 2 N–H and O–H groups in total. The van der Waals surface area contributed by atoms with Gasteiger partial charge < -0.3 is 20.1 Å². The number of nitrogens with one attached hydrogen (secondary N) is 2. The highest BCUT2D eigenvalue weighted by Crippen LogP contribution is 2.25. The highest BCUT2D eigenvalue weighted by molar-refractivity contribution is 7.99. The second kappa shape index (κ2) is 10.9. The van der Waals surface area contributed by atoms with Crippen molar-refractivity contribution in [3.8, 4) is 11.5 Å². The molecule has 2 aromatic rings. The first-order chi connectivity index (χ1) is 12.9. The third kappa shape index (κ3) is 6.06. The summed E-state index contributed by atoms with van der Waals surface area (Å²) in [5.74, 6) is 4.03. The van der Waals surface area contributed by atoms with Crippen molar-refractivity contribution in [1.29, 1.82) is 0 Å². The molecule has 0 radical (unpaired) electrons. The lowest BCUT2D eigenvalue weighted by Crippen LogP contribution is -2.10. The van der Waals surface area contributed by atoms with Crippen LogP contribution in [0.25, 0.3) is 0 Å². The summed E-state index contributed by atoms with van der Waals surface area (Å²) < 4.78 is 11.9. The molecule has 3 rings (SSSR count). The fourth-order valence-corrected chi connectivity index (χ4v) is 3.54.